The lowest BCUT2D eigenvalue weighted by atomic mass is 10.0. The van der Waals surface area contributed by atoms with Gasteiger partial charge in [0, 0.05) is 12.8 Å². The minimum Gasteiger partial charge on any atom is -0.480 e. The van der Waals surface area contributed by atoms with Crippen molar-refractivity contribution in [2.75, 3.05) is 19.8 Å². The van der Waals surface area contributed by atoms with Gasteiger partial charge in [-0.1, -0.05) is 177 Å². The van der Waals surface area contributed by atoms with Crippen LogP contribution in [0.4, 0.5) is 0 Å². The van der Waals surface area contributed by atoms with Gasteiger partial charge in [-0.2, -0.15) is 0 Å². The fourth-order valence-electron chi connectivity index (χ4n) is 5.96. The van der Waals surface area contributed by atoms with Crippen molar-refractivity contribution >= 4 is 25.7 Å². The van der Waals surface area contributed by atoms with E-state index in [0.29, 0.717) is 12.8 Å². The molecule has 344 valence electrons. The number of carbonyl (C=O) groups is 3. The van der Waals surface area contributed by atoms with Crippen molar-refractivity contribution in [2.24, 2.45) is 0 Å². The van der Waals surface area contributed by atoms with E-state index in [4.69, 9.17) is 13.8 Å². The summed E-state index contributed by atoms with van der Waals surface area (Å²) >= 11 is 0. The summed E-state index contributed by atoms with van der Waals surface area (Å²) in [6, 6.07) is -1.55. The molecule has 0 aromatic heterocycles. The Bertz CT molecular complexity index is 1290. The highest BCUT2D eigenvalue weighted by Gasteiger charge is 2.28. The van der Waals surface area contributed by atoms with Crippen molar-refractivity contribution < 1.29 is 47.8 Å². The molecule has 0 aromatic rings. The summed E-state index contributed by atoms with van der Waals surface area (Å²) in [7, 11) is -4.76. The van der Waals surface area contributed by atoms with Crippen molar-refractivity contribution in [1.82, 2.24) is 5.32 Å². The van der Waals surface area contributed by atoms with Gasteiger partial charge in [-0.3, -0.25) is 18.6 Å². The first-order valence-electron chi connectivity index (χ1n) is 23.0. The molecule has 0 radical (unpaired) electrons. The molecule has 12 heteroatoms. The Balaban J connectivity index is 3.92. The smallest absolute Gasteiger partial charge is 0.472 e. The summed E-state index contributed by atoms with van der Waals surface area (Å²) in [6.45, 7) is 2.44. The first-order valence-corrected chi connectivity index (χ1v) is 24.5. The van der Waals surface area contributed by atoms with Gasteiger partial charge in [0.05, 0.1) is 13.2 Å². The Labute approximate surface area is 363 Å². The van der Waals surface area contributed by atoms with Crippen molar-refractivity contribution in [3.63, 3.8) is 0 Å². The normalized spacial score (nSPS) is 14.3. The molecular formula is C48H82NO10P. The van der Waals surface area contributed by atoms with Crippen LogP contribution in [0, 0.1) is 0 Å². The maximum Gasteiger partial charge on any atom is 0.472 e. The number of hydrogen-bond acceptors (Lipinski definition) is 8. The summed E-state index contributed by atoms with van der Waals surface area (Å²) in [5.74, 6) is -2.40. The molecule has 11 nitrogen and oxygen atoms in total. The van der Waals surface area contributed by atoms with E-state index in [-0.39, 0.29) is 12.8 Å². The first kappa shape index (κ1) is 56.9. The first-order chi connectivity index (χ1) is 29.1. The van der Waals surface area contributed by atoms with E-state index in [1.807, 2.05) is 0 Å². The van der Waals surface area contributed by atoms with E-state index in [0.717, 1.165) is 83.5 Å². The molecule has 3 unspecified atom stereocenters. The van der Waals surface area contributed by atoms with Crippen LogP contribution in [0.25, 0.3) is 0 Å². The molecule has 0 saturated heterocycles. The molecule has 0 aliphatic heterocycles. The van der Waals surface area contributed by atoms with E-state index in [1.165, 1.54) is 57.8 Å². The van der Waals surface area contributed by atoms with Crippen molar-refractivity contribution in [1.29, 1.82) is 0 Å². The number of aliphatic hydroxyl groups is 1. The number of carbonyl (C=O) groups excluding carboxylic acids is 2. The van der Waals surface area contributed by atoms with Gasteiger partial charge < -0.3 is 25.2 Å². The molecule has 0 rings (SSSR count). The van der Waals surface area contributed by atoms with Crippen LogP contribution in [-0.2, 0) is 32.7 Å². The minimum absolute atomic E-state index is 0.144. The van der Waals surface area contributed by atoms with E-state index in [9.17, 15) is 34.1 Å². The summed E-state index contributed by atoms with van der Waals surface area (Å²) in [4.78, 5) is 45.9. The zero-order valence-electron chi connectivity index (χ0n) is 37.2. The molecule has 0 fully saturated rings. The van der Waals surface area contributed by atoms with E-state index in [1.54, 1.807) is 0 Å². The van der Waals surface area contributed by atoms with Gasteiger partial charge in [0.25, 0.3) is 0 Å². The molecule has 0 aliphatic rings. The van der Waals surface area contributed by atoms with Gasteiger partial charge in [-0.15, -0.1) is 0 Å². The number of allylic oxidation sites excluding steroid dienone is 12. The monoisotopic (exact) mass is 864 g/mol. The molecule has 0 aliphatic carbocycles. The lowest BCUT2D eigenvalue weighted by Gasteiger charge is -2.18. The fraction of sp³-hybridized carbons (Fsp3) is 0.688. The second-order valence-corrected chi connectivity index (χ2v) is 16.7. The van der Waals surface area contributed by atoms with Crippen LogP contribution in [0.5, 0.6) is 0 Å². The van der Waals surface area contributed by atoms with Crippen molar-refractivity contribution in [2.45, 2.75) is 193 Å². The van der Waals surface area contributed by atoms with Crippen LogP contribution in [0.2, 0.25) is 0 Å². The van der Waals surface area contributed by atoms with Gasteiger partial charge in [0.2, 0.25) is 5.91 Å². The number of aliphatic hydroxyl groups excluding tert-OH is 1. The SMILES string of the molecule is CC/C=C\C/C=C\C/C=C\C/C=C\C/C=C\C/C=C\CCCCCCC(=O)OCC(O)COP(=O)(O)OCC(NC(=O)CCCCCCCCCCCCCCC)C(=O)O. The van der Waals surface area contributed by atoms with E-state index in [2.05, 4.69) is 92.1 Å². The average Bonchev–Trinajstić information content (AvgIpc) is 3.22. The summed E-state index contributed by atoms with van der Waals surface area (Å²) in [5, 5.41) is 21.8. The molecule has 0 heterocycles. The van der Waals surface area contributed by atoms with Gasteiger partial charge >= 0.3 is 19.8 Å². The Morgan fingerprint density at radius 3 is 1.45 bits per heavy atom. The molecule has 60 heavy (non-hydrogen) atoms. The largest absolute Gasteiger partial charge is 0.480 e. The molecule has 4 N–H and O–H groups in total. The number of hydrogen-bond donors (Lipinski definition) is 4. The molecule has 1 amide bonds. The highest BCUT2D eigenvalue weighted by Crippen LogP contribution is 2.43. The third-order valence-corrected chi connectivity index (χ3v) is 10.5. The third kappa shape index (κ3) is 41.6. The van der Waals surface area contributed by atoms with Crippen LogP contribution in [-0.4, -0.2) is 64.9 Å². The Morgan fingerprint density at radius 2 is 0.967 bits per heavy atom. The number of ether oxygens (including phenoxy) is 1. The molecule has 3 atom stereocenters. The molecular weight excluding hydrogens is 781 g/mol. The topological polar surface area (TPSA) is 169 Å². The fourth-order valence-corrected chi connectivity index (χ4v) is 6.74. The van der Waals surface area contributed by atoms with E-state index < -0.39 is 57.6 Å². The van der Waals surface area contributed by atoms with Crippen molar-refractivity contribution in [3.8, 4) is 0 Å². The number of amides is 1. The van der Waals surface area contributed by atoms with Crippen molar-refractivity contribution in [3.05, 3.63) is 72.9 Å². The maximum atomic E-state index is 12.3. The van der Waals surface area contributed by atoms with Crippen LogP contribution in [0.1, 0.15) is 181 Å². The standard InChI is InChI=1S/C48H82NO10P/c1-3-5-7-9-11-13-15-17-18-19-20-21-22-23-24-25-26-28-30-32-34-36-38-40-47(52)57-41-44(50)42-58-60(55,56)59-43-45(48(53)54)49-46(51)39-37-35-33-31-29-27-16-14-12-10-8-6-4-2/h5,7,11,13,17-18,20-21,23-24,26,28,44-45,50H,3-4,6,8-10,12,14-16,19,22,25,27,29-43H2,1-2H3,(H,49,51)(H,53,54)(H,55,56)/b7-5-,13-11-,18-17-,21-20-,24-23-,28-26-. The number of carboxylic acid groups (broad SMARTS) is 1. The highest BCUT2D eigenvalue weighted by atomic mass is 31.2. The number of esters is 1. The van der Waals surface area contributed by atoms with Gasteiger partial charge in [0.1, 0.15) is 12.7 Å². The zero-order valence-corrected chi connectivity index (χ0v) is 38.1. The predicted octanol–water partition coefficient (Wildman–Crippen LogP) is 12.1. The molecule has 0 spiro atoms. The van der Waals surface area contributed by atoms with Crippen LogP contribution < -0.4 is 5.32 Å². The number of rotatable bonds is 42. The number of phosphoric ester groups is 1. The van der Waals surface area contributed by atoms with Gasteiger partial charge in [-0.25, -0.2) is 9.36 Å². The lowest BCUT2D eigenvalue weighted by molar-refractivity contribution is -0.147. The summed E-state index contributed by atoms with van der Waals surface area (Å²) < 4.78 is 26.8. The minimum atomic E-state index is -4.76. The van der Waals surface area contributed by atoms with Gasteiger partial charge in [0.15, 0.2) is 6.04 Å². The second-order valence-electron chi connectivity index (χ2n) is 15.2. The lowest BCUT2D eigenvalue weighted by Crippen LogP contribution is -2.43. The third-order valence-electron chi connectivity index (χ3n) is 9.51. The maximum absolute atomic E-state index is 12.3. The predicted molar refractivity (Wildman–Crippen MR) is 244 cm³/mol. The second kappa shape index (κ2) is 42.6. The average molecular weight is 864 g/mol. The van der Waals surface area contributed by atoms with Crippen LogP contribution >= 0.6 is 7.82 Å². The van der Waals surface area contributed by atoms with Gasteiger partial charge in [-0.05, 0) is 64.2 Å². The number of carboxylic acids is 1. The number of unbranched alkanes of at least 4 members (excludes halogenated alkanes) is 16. The zero-order chi connectivity index (χ0) is 44.2. The number of phosphoric acid groups is 1. The Hall–Kier alpha value is -3.08. The Morgan fingerprint density at radius 1 is 0.550 bits per heavy atom. The number of nitrogens with one attached hydrogen (secondary N) is 1. The van der Waals surface area contributed by atoms with E-state index >= 15 is 0 Å². The molecule has 0 saturated carbocycles. The summed E-state index contributed by atoms with van der Waals surface area (Å²) in [6.07, 6.45) is 50.7. The van der Waals surface area contributed by atoms with Crippen LogP contribution in [0.15, 0.2) is 72.9 Å². The molecule has 0 bridgehead atoms. The quantitative estimate of drug-likeness (QED) is 0.0201. The highest BCUT2D eigenvalue weighted by molar-refractivity contribution is 7.47. The number of aliphatic carboxylic acids is 1. The molecule has 0 aromatic carbocycles. The van der Waals surface area contributed by atoms with Crippen LogP contribution in [0.3, 0.4) is 0 Å². The Kier molecular flexibility index (Phi) is 40.4. The summed E-state index contributed by atoms with van der Waals surface area (Å²) in [5.41, 5.74) is 0.